The van der Waals surface area contributed by atoms with Gasteiger partial charge in [0.2, 0.25) is 0 Å². The fourth-order valence-electron chi connectivity index (χ4n) is 2.42. The fourth-order valence-corrected chi connectivity index (χ4v) is 2.97. The van der Waals surface area contributed by atoms with Gasteiger partial charge in [0.15, 0.2) is 5.75 Å². The number of nitro benzene ring substituents is 1. The molecule has 0 radical (unpaired) electrons. The molecule has 4 N–H and O–H groups in total. The van der Waals surface area contributed by atoms with Crippen molar-refractivity contribution >= 4 is 43.6 Å². The highest BCUT2D eigenvalue weighted by Crippen LogP contribution is 2.39. The first kappa shape index (κ1) is 18.2. The Kier molecular flexibility index (Phi) is 4.47. The van der Waals surface area contributed by atoms with Gasteiger partial charge in [0.25, 0.3) is 15.8 Å². The molecule has 11 heteroatoms. The van der Waals surface area contributed by atoms with Gasteiger partial charge in [-0.1, -0.05) is 6.07 Å². The van der Waals surface area contributed by atoms with Gasteiger partial charge in [-0.3, -0.25) is 14.7 Å². The second-order valence-electron chi connectivity index (χ2n) is 5.49. The maximum atomic E-state index is 11.3. The first-order chi connectivity index (χ1) is 12.7. The lowest BCUT2D eigenvalue weighted by atomic mass is 10.1. The zero-order chi connectivity index (χ0) is 19.8. The zero-order valence-electron chi connectivity index (χ0n) is 13.5. The van der Waals surface area contributed by atoms with Crippen molar-refractivity contribution in [3.05, 3.63) is 58.6 Å². The molecule has 0 aliphatic heterocycles. The molecule has 0 aliphatic carbocycles. The number of nitrogen functional groups attached to an aromatic ring is 1. The summed E-state index contributed by atoms with van der Waals surface area (Å²) in [6, 6.07) is 10.4. The van der Waals surface area contributed by atoms with Crippen LogP contribution in [0.1, 0.15) is 0 Å². The molecule has 0 saturated carbocycles. The summed E-state index contributed by atoms with van der Waals surface area (Å²) in [6.45, 7) is 0. The molecule has 0 unspecified atom stereocenters. The smallest absolute Gasteiger partial charge is 0.294 e. The van der Waals surface area contributed by atoms with E-state index in [1.54, 1.807) is 0 Å². The monoisotopic (exact) mass is 388 g/mol. The summed E-state index contributed by atoms with van der Waals surface area (Å²) < 4.78 is 31.7. The number of phenolic OH excluding ortho intramolecular Hbond substituents is 1. The van der Waals surface area contributed by atoms with E-state index in [0.717, 1.165) is 12.1 Å². The lowest BCUT2D eigenvalue weighted by Crippen LogP contribution is -2.00. The van der Waals surface area contributed by atoms with E-state index in [1.807, 2.05) is 0 Å². The summed E-state index contributed by atoms with van der Waals surface area (Å²) in [5, 5.41) is 29.2. The Morgan fingerprint density at radius 2 is 1.70 bits per heavy atom. The Morgan fingerprint density at radius 3 is 2.30 bits per heavy atom. The van der Waals surface area contributed by atoms with Crippen LogP contribution in [0.2, 0.25) is 0 Å². The Balaban J connectivity index is 2.02. The number of hydrogen-bond acceptors (Lipinski definition) is 8. The number of nitrogens with zero attached hydrogens (tertiary/aromatic N) is 3. The third kappa shape index (κ3) is 3.68. The zero-order valence-corrected chi connectivity index (χ0v) is 14.3. The Labute approximate surface area is 152 Å². The van der Waals surface area contributed by atoms with Gasteiger partial charge in [-0.2, -0.15) is 13.5 Å². The topological polar surface area (TPSA) is 168 Å². The minimum absolute atomic E-state index is 0.0622. The molecule has 0 heterocycles. The number of nitrogens with two attached hydrogens (primary N) is 1. The number of phenols is 1. The van der Waals surface area contributed by atoms with E-state index < -0.39 is 19.9 Å². The van der Waals surface area contributed by atoms with Crippen molar-refractivity contribution in [3.63, 3.8) is 0 Å². The molecule has 27 heavy (non-hydrogen) atoms. The van der Waals surface area contributed by atoms with Crippen LogP contribution in [-0.2, 0) is 10.1 Å². The van der Waals surface area contributed by atoms with Gasteiger partial charge in [-0.05, 0) is 35.7 Å². The minimum atomic E-state index is -4.45. The maximum absolute atomic E-state index is 11.3. The van der Waals surface area contributed by atoms with Gasteiger partial charge in [0.1, 0.15) is 5.69 Å². The van der Waals surface area contributed by atoms with Crippen LogP contribution in [0.5, 0.6) is 5.75 Å². The number of benzene rings is 3. The van der Waals surface area contributed by atoms with Crippen molar-refractivity contribution in [3.8, 4) is 5.75 Å². The van der Waals surface area contributed by atoms with Crippen LogP contribution >= 0.6 is 0 Å². The summed E-state index contributed by atoms with van der Waals surface area (Å²) >= 11 is 0. The van der Waals surface area contributed by atoms with Crippen molar-refractivity contribution in [1.29, 1.82) is 0 Å². The van der Waals surface area contributed by atoms with Crippen LogP contribution in [-0.4, -0.2) is 23.0 Å². The average molecular weight is 388 g/mol. The molecular weight excluding hydrogens is 376 g/mol. The summed E-state index contributed by atoms with van der Waals surface area (Å²) in [5.41, 5.74) is 6.04. The van der Waals surface area contributed by atoms with E-state index in [4.69, 9.17) is 10.3 Å². The Morgan fingerprint density at radius 1 is 1.04 bits per heavy atom. The number of nitro groups is 1. The van der Waals surface area contributed by atoms with Crippen LogP contribution in [0.25, 0.3) is 10.8 Å². The highest BCUT2D eigenvalue weighted by atomic mass is 32.2. The summed E-state index contributed by atoms with van der Waals surface area (Å²) in [7, 11) is -4.45. The number of azo groups is 1. The van der Waals surface area contributed by atoms with Crippen LogP contribution in [0.3, 0.4) is 0 Å². The van der Waals surface area contributed by atoms with Gasteiger partial charge < -0.3 is 10.8 Å². The molecule has 3 aromatic rings. The number of fused-ring (bicyclic) bond motifs is 1. The standard InChI is InChI=1S/C16H12N4O6S/c17-13-8-12(27(24,25)26)7-9-1-6-14(16(21)15(9)13)19-18-10-2-4-11(5-3-10)20(22)23/h1-8,21H,17H2,(H,24,25,26). The predicted molar refractivity (Wildman–Crippen MR) is 97.1 cm³/mol. The molecule has 0 bridgehead atoms. The molecule has 0 spiro atoms. The van der Waals surface area contributed by atoms with Crippen molar-refractivity contribution in [2.45, 2.75) is 4.90 Å². The third-order valence-corrected chi connectivity index (χ3v) is 4.54. The lowest BCUT2D eigenvalue weighted by Gasteiger charge is -2.08. The van der Waals surface area contributed by atoms with Crippen LogP contribution in [0.4, 0.5) is 22.7 Å². The molecule has 0 aromatic heterocycles. The summed E-state index contributed by atoms with van der Waals surface area (Å²) in [6.07, 6.45) is 0. The van der Waals surface area contributed by atoms with Crippen molar-refractivity contribution < 1.29 is 23.0 Å². The predicted octanol–water partition coefficient (Wildman–Crippen LogP) is 3.70. The number of non-ortho nitro benzene ring substituents is 1. The van der Waals surface area contributed by atoms with Gasteiger partial charge in [0.05, 0.1) is 15.5 Å². The maximum Gasteiger partial charge on any atom is 0.294 e. The third-order valence-electron chi connectivity index (χ3n) is 3.70. The minimum Gasteiger partial charge on any atom is -0.505 e. The van der Waals surface area contributed by atoms with E-state index in [9.17, 15) is 23.6 Å². The first-order valence-electron chi connectivity index (χ1n) is 7.36. The normalized spacial score (nSPS) is 11.9. The van der Waals surface area contributed by atoms with Crippen molar-refractivity contribution in [2.24, 2.45) is 10.2 Å². The molecule has 0 amide bonds. The molecule has 0 atom stereocenters. The summed E-state index contributed by atoms with van der Waals surface area (Å²) in [5.74, 6) is -0.322. The molecule has 138 valence electrons. The molecule has 0 aliphatic rings. The highest BCUT2D eigenvalue weighted by Gasteiger charge is 2.16. The van der Waals surface area contributed by atoms with E-state index in [-0.39, 0.29) is 33.6 Å². The quantitative estimate of drug-likeness (QED) is 0.201. The van der Waals surface area contributed by atoms with E-state index >= 15 is 0 Å². The van der Waals surface area contributed by atoms with E-state index in [1.165, 1.54) is 36.4 Å². The van der Waals surface area contributed by atoms with E-state index in [2.05, 4.69) is 10.2 Å². The number of rotatable bonds is 4. The van der Waals surface area contributed by atoms with Gasteiger partial charge in [0, 0.05) is 23.2 Å². The van der Waals surface area contributed by atoms with Crippen LogP contribution in [0.15, 0.2) is 63.7 Å². The number of anilines is 1. The average Bonchev–Trinajstić information content (AvgIpc) is 2.60. The van der Waals surface area contributed by atoms with Crippen molar-refractivity contribution in [2.75, 3.05) is 5.73 Å². The first-order valence-corrected chi connectivity index (χ1v) is 8.80. The second-order valence-corrected chi connectivity index (χ2v) is 6.91. The Bertz CT molecular complexity index is 1190. The Hall–Kier alpha value is -3.57. The van der Waals surface area contributed by atoms with E-state index in [0.29, 0.717) is 5.69 Å². The summed E-state index contributed by atoms with van der Waals surface area (Å²) in [4.78, 5) is 9.69. The second kappa shape index (κ2) is 6.63. The SMILES string of the molecule is Nc1cc(S(=O)(=O)O)cc2ccc(N=Nc3ccc([N+](=O)[O-])cc3)c(O)c12. The van der Waals surface area contributed by atoms with Gasteiger partial charge >= 0.3 is 0 Å². The van der Waals surface area contributed by atoms with Crippen LogP contribution < -0.4 is 5.73 Å². The lowest BCUT2D eigenvalue weighted by molar-refractivity contribution is -0.384. The largest absolute Gasteiger partial charge is 0.505 e. The fraction of sp³-hybridized carbons (Fsp3) is 0. The molecular formula is C16H12N4O6S. The molecule has 3 aromatic carbocycles. The molecule has 3 rings (SSSR count). The number of hydrogen-bond donors (Lipinski definition) is 3. The molecule has 10 nitrogen and oxygen atoms in total. The van der Waals surface area contributed by atoms with Crippen molar-refractivity contribution in [1.82, 2.24) is 0 Å². The van der Waals surface area contributed by atoms with Crippen LogP contribution in [0, 0.1) is 10.1 Å². The molecule has 0 fully saturated rings. The highest BCUT2D eigenvalue weighted by molar-refractivity contribution is 7.85. The van der Waals surface area contributed by atoms with Gasteiger partial charge in [-0.15, -0.1) is 5.11 Å². The number of aromatic hydroxyl groups is 1. The van der Waals surface area contributed by atoms with Gasteiger partial charge in [-0.25, -0.2) is 0 Å². The molecule has 0 saturated heterocycles.